The fourth-order valence-electron chi connectivity index (χ4n) is 2.61. The molecule has 0 radical (unpaired) electrons. The van der Waals surface area contributed by atoms with Crippen molar-refractivity contribution in [2.24, 2.45) is 0 Å². The molecule has 1 saturated heterocycles. The van der Waals surface area contributed by atoms with Gasteiger partial charge in [-0.1, -0.05) is 17.7 Å². The first-order chi connectivity index (χ1) is 11.0. The van der Waals surface area contributed by atoms with E-state index in [2.05, 4.69) is 15.3 Å². The van der Waals surface area contributed by atoms with Crippen LogP contribution in [0.4, 0.5) is 29.0 Å². The highest BCUT2D eigenvalue weighted by Gasteiger charge is 2.28. The minimum Gasteiger partial charge on any atom is -0.378 e. The molecule has 1 aliphatic rings. The number of hydrogen-bond acceptors (Lipinski definition) is 7. The van der Waals surface area contributed by atoms with E-state index < -0.39 is 4.92 Å². The number of nitrogen functional groups attached to an aromatic ring is 1. The number of aryl methyl sites for hydroxylation is 1. The van der Waals surface area contributed by atoms with Gasteiger partial charge in [-0.05, 0) is 31.9 Å². The minimum absolute atomic E-state index is 0.124. The van der Waals surface area contributed by atoms with E-state index in [1.54, 1.807) is 0 Å². The molecule has 3 N–H and O–H groups in total. The summed E-state index contributed by atoms with van der Waals surface area (Å²) in [5, 5.41) is 14.4. The van der Waals surface area contributed by atoms with Crippen LogP contribution in [0, 0.1) is 17.0 Å². The molecule has 0 spiro atoms. The van der Waals surface area contributed by atoms with Gasteiger partial charge in [-0.3, -0.25) is 10.1 Å². The van der Waals surface area contributed by atoms with Crippen molar-refractivity contribution in [3.63, 3.8) is 0 Å². The first kappa shape index (κ1) is 15.0. The number of benzene rings is 1. The van der Waals surface area contributed by atoms with Crippen LogP contribution < -0.4 is 16.0 Å². The van der Waals surface area contributed by atoms with Crippen LogP contribution in [-0.4, -0.2) is 28.0 Å². The van der Waals surface area contributed by atoms with Gasteiger partial charge in [-0.25, -0.2) is 0 Å². The molecule has 0 aliphatic carbocycles. The maximum Gasteiger partial charge on any atom is 0.353 e. The molecule has 1 aliphatic heterocycles. The lowest BCUT2D eigenvalue weighted by atomic mass is 10.2. The summed E-state index contributed by atoms with van der Waals surface area (Å²) in [5.74, 6) is 0.426. The molecular formula is C15H18N6O2. The highest BCUT2D eigenvalue weighted by atomic mass is 16.6. The second kappa shape index (κ2) is 6.07. The standard InChI is InChI=1S/C15H18N6O2/c1-10-4-6-11(7-5-10)17-15-18-13(16)12(21(22)23)14(19-15)20-8-2-3-9-20/h4-7H,2-3,8-9H2,1H3,(H3,16,17,18,19). The number of nitrogens with one attached hydrogen (secondary N) is 1. The summed E-state index contributed by atoms with van der Waals surface area (Å²) in [6.45, 7) is 3.47. The quantitative estimate of drug-likeness (QED) is 0.659. The summed E-state index contributed by atoms with van der Waals surface area (Å²) in [7, 11) is 0. The van der Waals surface area contributed by atoms with Crippen LogP contribution >= 0.6 is 0 Å². The zero-order chi connectivity index (χ0) is 16.4. The van der Waals surface area contributed by atoms with Crippen LogP contribution in [0.2, 0.25) is 0 Å². The Morgan fingerprint density at radius 1 is 1.22 bits per heavy atom. The Morgan fingerprint density at radius 3 is 2.48 bits per heavy atom. The Labute approximate surface area is 133 Å². The number of nitro groups is 1. The molecular weight excluding hydrogens is 296 g/mol. The summed E-state index contributed by atoms with van der Waals surface area (Å²) < 4.78 is 0. The monoisotopic (exact) mass is 314 g/mol. The molecule has 2 heterocycles. The number of hydrogen-bond donors (Lipinski definition) is 2. The predicted octanol–water partition coefficient (Wildman–Crippen LogP) is 2.62. The third-order valence-corrected chi connectivity index (χ3v) is 3.79. The maximum absolute atomic E-state index is 11.3. The molecule has 8 heteroatoms. The molecule has 0 unspecified atom stereocenters. The number of nitrogens with two attached hydrogens (primary N) is 1. The van der Waals surface area contributed by atoms with E-state index >= 15 is 0 Å². The lowest BCUT2D eigenvalue weighted by molar-refractivity contribution is -0.383. The summed E-state index contributed by atoms with van der Waals surface area (Å²) in [6, 6.07) is 7.70. The van der Waals surface area contributed by atoms with Gasteiger partial charge in [0.2, 0.25) is 17.6 Å². The van der Waals surface area contributed by atoms with Crippen LogP contribution in [0.1, 0.15) is 18.4 Å². The molecule has 0 atom stereocenters. The van der Waals surface area contributed by atoms with Gasteiger partial charge < -0.3 is 16.0 Å². The fraction of sp³-hybridized carbons (Fsp3) is 0.333. The van der Waals surface area contributed by atoms with Crippen molar-refractivity contribution in [1.82, 2.24) is 9.97 Å². The molecule has 8 nitrogen and oxygen atoms in total. The van der Waals surface area contributed by atoms with Crippen LogP contribution in [0.15, 0.2) is 24.3 Å². The van der Waals surface area contributed by atoms with E-state index in [9.17, 15) is 10.1 Å². The van der Waals surface area contributed by atoms with Gasteiger partial charge in [0.1, 0.15) is 0 Å². The van der Waals surface area contributed by atoms with Crippen LogP contribution in [0.3, 0.4) is 0 Å². The van der Waals surface area contributed by atoms with Gasteiger partial charge in [0.25, 0.3) is 0 Å². The van der Waals surface area contributed by atoms with E-state index in [-0.39, 0.29) is 23.3 Å². The van der Waals surface area contributed by atoms with Crippen LogP contribution in [-0.2, 0) is 0 Å². The van der Waals surface area contributed by atoms with Gasteiger partial charge in [0, 0.05) is 18.8 Å². The van der Waals surface area contributed by atoms with Crippen molar-refractivity contribution in [3.8, 4) is 0 Å². The molecule has 1 aromatic carbocycles. The van der Waals surface area contributed by atoms with Crippen LogP contribution in [0.5, 0.6) is 0 Å². The first-order valence-corrected chi connectivity index (χ1v) is 7.45. The first-order valence-electron chi connectivity index (χ1n) is 7.45. The Balaban J connectivity index is 1.98. The molecule has 23 heavy (non-hydrogen) atoms. The third-order valence-electron chi connectivity index (χ3n) is 3.79. The molecule has 2 aromatic rings. The van der Waals surface area contributed by atoms with Crippen molar-refractivity contribution < 1.29 is 4.92 Å². The van der Waals surface area contributed by atoms with Crippen molar-refractivity contribution in [3.05, 3.63) is 39.9 Å². The van der Waals surface area contributed by atoms with Gasteiger partial charge in [-0.2, -0.15) is 9.97 Å². The summed E-state index contributed by atoms with van der Waals surface area (Å²) in [4.78, 5) is 21.0. The van der Waals surface area contributed by atoms with E-state index in [4.69, 9.17) is 5.73 Å². The second-order valence-electron chi connectivity index (χ2n) is 5.55. The Bertz CT molecular complexity index is 725. The zero-order valence-corrected chi connectivity index (χ0v) is 12.8. The maximum atomic E-state index is 11.3. The molecule has 1 fully saturated rings. The average Bonchev–Trinajstić information content (AvgIpc) is 3.03. The largest absolute Gasteiger partial charge is 0.378 e. The predicted molar refractivity (Wildman–Crippen MR) is 89.0 cm³/mol. The number of rotatable bonds is 4. The number of nitrogens with zero attached hydrogens (tertiary/aromatic N) is 4. The SMILES string of the molecule is Cc1ccc(Nc2nc(N)c([N+](=O)[O-])c(N3CCCC3)n2)cc1. The Morgan fingerprint density at radius 2 is 1.87 bits per heavy atom. The topological polar surface area (TPSA) is 110 Å². The molecule has 0 amide bonds. The van der Waals surface area contributed by atoms with Crippen molar-refractivity contribution in [2.75, 3.05) is 29.0 Å². The number of anilines is 4. The summed E-state index contributed by atoms with van der Waals surface area (Å²) >= 11 is 0. The van der Waals surface area contributed by atoms with E-state index in [0.29, 0.717) is 0 Å². The van der Waals surface area contributed by atoms with Crippen molar-refractivity contribution in [2.45, 2.75) is 19.8 Å². The Kier molecular flexibility index (Phi) is 3.96. The molecule has 3 rings (SSSR count). The number of aromatic nitrogens is 2. The van der Waals surface area contributed by atoms with Gasteiger partial charge in [0.05, 0.1) is 4.92 Å². The van der Waals surface area contributed by atoms with Gasteiger partial charge in [-0.15, -0.1) is 0 Å². The van der Waals surface area contributed by atoms with Crippen LogP contribution in [0.25, 0.3) is 0 Å². The third kappa shape index (κ3) is 3.15. The zero-order valence-electron chi connectivity index (χ0n) is 12.8. The molecule has 1 aromatic heterocycles. The van der Waals surface area contributed by atoms with Gasteiger partial charge in [0.15, 0.2) is 0 Å². The smallest absolute Gasteiger partial charge is 0.353 e. The van der Waals surface area contributed by atoms with E-state index in [0.717, 1.165) is 37.2 Å². The Hall–Kier alpha value is -2.90. The lowest BCUT2D eigenvalue weighted by Crippen LogP contribution is -2.22. The molecule has 0 saturated carbocycles. The molecule has 0 bridgehead atoms. The normalized spacial score (nSPS) is 14.0. The highest BCUT2D eigenvalue weighted by molar-refractivity contribution is 5.72. The second-order valence-corrected chi connectivity index (χ2v) is 5.55. The van der Waals surface area contributed by atoms with Crippen molar-refractivity contribution in [1.29, 1.82) is 0 Å². The highest BCUT2D eigenvalue weighted by Crippen LogP contribution is 2.34. The summed E-state index contributed by atoms with van der Waals surface area (Å²) in [6.07, 6.45) is 1.98. The van der Waals surface area contributed by atoms with E-state index in [1.807, 2.05) is 36.1 Å². The minimum atomic E-state index is -0.515. The van der Waals surface area contributed by atoms with Gasteiger partial charge >= 0.3 is 5.69 Å². The van der Waals surface area contributed by atoms with Crippen molar-refractivity contribution >= 4 is 29.0 Å². The fourth-order valence-corrected chi connectivity index (χ4v) is 2.61. The lowest BCUT2D eigenvalue weighted by Gasteiger charge is -2.17. The average molecular weight is 314 g/mol. The summed E-state index contributed by atoms with van der Waals surface area (Å²) in [5.41, 5.74) is 7.53. The van der Waals surface area contributed by atoms with E-state index in [1.165, 1.54) is 0 Å². The molecule has 120 valence electrons.